The molecule has 0 amide bonds. The van der Waals surface area contributed by atoms with E-state index < -0.39 is 0 Å². The van der Waals surface area contributed by atoms with Crippen LogP contribution in [0.2, 0.25) is 0 Å². The Morgan fingerprint density at radius 3 is 2.69 bits per heavy atom. The van der Waals surface area contributed by atoms with E-state index in [2.05, 4.69) is 28.6 Å². The largest absolute Gasteiger partial charge is 0.369 e. The van der Waals surface area contributed by atoms with Crippen LogP contribution in [0.3, 0.4) is 0 Å². The van der Waals surface area contributed by atoms with Crippen molar-refractivity contribution < 1.29 is 0 Å². The highest BCUT2D eigenvalue weighted by atomic mass is 15.0. The van der Waals surface area contributed by atoms with E-state index in [-0.39, 0.29) is 0 Å². The van der Waals surface area contributed by atoms with Crippen LogP contribution in [0.25, 0.3) is 0 Å². The molecule has 0 aliphatic carbocycles. The normalized spacial score (nSPS) is 10.0. The van der Waals surface area contributed by atoms with Gasteiger partial charge >= 0.3 is 0 Å². The topological polar surface area (TPSA) is 37.0 Å². The standard InChI is InChI=1S/C10H17N3/c1-3-9-4-5-10(13-8-9)12-7-6-11-2/h4-5,8,11H,3,6-7H2,1-2H3,(H,12,13). The number of likely N-dealkylation sites (N-methyl/N-ethyl adjacent to an activating group) is 1. The van der Waals surface area contributed by atoms with Crippen molar-refractivity contribution in [2.45, 2.75) is 13.3 Å². The van der Waals surface area contributed by atoms with Crippen molar-refractivity contribution >= 4 is 5.82 Å². The Kier molecular flexibility index (Phi) is 4.26. The van der Waals surface area contributed by atoms with Crippen molar-refractivity contribution in [1.29, 1.82) is 0 Å². The van der Waals surface area contributed by atoms with Crippen molar-refractivity contribution in [3.05, 3.63) is 23.9 Å². The number of rotatable bonds is 5. The van der Waals surface area contributed by atoms with Gasteiger partial charge in [0.25, 0.3) is 0 Å². The van der Waals surface area contributed by atoms with E-state index in [9.17, 15) is 0 Å². The Labute approximate surface area is 79.6 Å². The number of pyridine rings is 1. The molecule has 1 heterocycles. The molecule has 1 aromatic heterocycles. The molecular weight excluding hydrogens is 162 g/mol. The monoisotopic (exact) mass is 179 g/mol. The second-order valence-electron chi connectivity index (χ2n) is 2.94. The van der Waals surface area contributed by atoms with Gasteiger partial charge in [-0.1, -0.05) is 13.0 Å². The summed E-state index contributed by atoms with van der Waals surface area (Å²) in [4.78, 5) is 4.28. The molecule has 0 saturated heterocycles. The quantitative estimate of drug-likeness (QED) is 0.668. The highest BCUT2D eigenvalue weighted by Crippen LogP contribution is 2.04. The first-order chi connectivity index (χ1) is 6.36. The van der Waals surface area contributed by atoms with Crippen molar-refractivity contribution in [3.8, 4) is 0 Å². The van der Waals surface area contributed by atoms with Crippen LogP contribution < -0.4 is 10.6 Å². The van der Waals surface area contributed by atoms with E-state index >= 15 is 0 Å². The number of nitrogens with zero attached hydrogens (tertiary/aromatic N) is 1. The molecule has 2 N–H and O–H groups in total. The first-order valence-electron chi connectivity index (χ1n) is 4.70. The van der Waals surface area contributed by atoms with Crippen molar-refractivity contribution in [2.75, 3.05) is 25.5 Å². The summed E-state index contributed by atoms with van der Waals surface area (Å²) in [6, 6.07) is 4.13. The van der Waals surface area contributed by atoms with Crippen LogP contribution >= 0.6 is 0 Å². The van der Waals surface area contributed by atoms with Gasteiger partial charge in [0.15, 0.2) is 0 Å². The molecule has 0 aromatic carbocycles. The summed E-state index contributed by atoms with van der Waals surface area (Å²) in [5.74, 6) is 0.951. The highest BCUT2D eigenvalue weighted by molar-refractivity contribution is 5.35. The van der Waals surface area contributed by atoms with E-state index in [0.29, 0.717) is 0 Å². The van der Waals surface area contributed by atoms with Gasteiger partial charge in [-0.05, 0) is 25.1 Å². The van der Waals surface area contributed by atoms with Gasteiger partial charge in [-0.25, -0.2) is 4.98 Å². The fourth-order valence-electron chi connectivity index (χ4n) is 1.05. The molecule has 13 heavy (non-hydrogen) atoms. The van der Waals surface area contributed by atoms with E-state index in [1.807, 2.05) is 19.3 Å². The molecule has 0 atom stereocenters. The maximum absolute atomic E-state index is 4.28. The van der Waals surface area contributed by atoms with Gasteiger partial charge in [0.1, 0.15) is 5.82 Å². The molecule has 0 unspecified atom stereocenters. The molecule has 0 bridgehead atoms. The zero-order valence-electron chi connectivity index (χ0n) is 8.30. The summed E-state index contributed by atoms with van der Waals surface area (Å²) in [7, 11) is 1.94. The zero-order valence-corrected chi connectivity index (χ0v) is 8.30. The van der Waals surface area contributed by atoms with E-state index in [1.54, 1.807) is 0 Å². The van der Waals surface area contributed by atoms with E-state index in [4.69, 9.17) is 0 Å². The SMILES string of the molecule is CCc1ccc(NCCNC)nc1. The smallest absolute Gasteiger partial charge is 0.125 e. The van der Waals surface area contributed by atoms with Crippen LogP contribution in [-0.2, 0) is 6.42 Å². The van der Waals surface area contributed by atoms with Gasteiger partial charge < -0.3 is 10.6 Å². The Morgan fingerprint density at radius 2 is 2.15 bits per heavy atom. The van der Waals surface area contributed by atoms with E-state index in [1.165, 1.54) is 5.56 Å². The second kappa shape index (κ2) is 5.54. The fourth-order valence-corrected chi connectivity index (χ4v) is 1.05. The van der Waals surface area contributed by atoms with Gasteiger partial charge in [0, 0.05) is 19.3 Å². The summed E-state index contributed by atoms with van der Waals surface area (Å²) in [6.45, 7) is 4.00. The minimum Gasteiger partial charge on any atom is -0.369 e. The lowest BCUT2D eigenvalue weighted by Gasteiger charge is -2.04. The zero-order chi connectivity index (χ0) is 9.52. The fraction of sp³-hybridized carbons (Fsp3) is 0.500. The molecule has 0 saturated carbocycles. The van der Waals surface area contributed by atoms with E-state index in [0.717, 1.165) is 25.3 Å². The number of hydrogen-bond donors (Lipinski definition) is 2. The molecule has 0 aliphatic heterocycles. The van der Waals surface area contributed by atoms with Crippen LogP contribution in [0.5, 0.6) is 0 Å². The predicted octanol–water partition coefficient (Wildman–Crippen LogP) is 1.28. The number of hydrogen-bond acceptors (Lipinski definition) is 3. The molecule has 72 valence electrons. The number of nitrogens with one attached hydrogen (secondary N) is 2. The average molecular weight is 179 g/mol. The lowest BCUT2D eigenvalue weighted by Crippen LogP contribution is -2.18. The first kappa shape index (κ1) is 9.99. The average Bonchev–Trinajstić information content (AvgIpc) is 2.19. The minimum absolute atomic E-state index is 0.912. The maximum Gasteiger partial charge on any atom is 0.125 e. The van der Waals surface area contributed by atoms with Gasteiger partial charge in [0.2, 0.25) is 0 Å². The van der Waals surface area contributed by atoms with Crippen LogP contribution in [0.1, 0.15) is 12.5 Å². The minimum atomic E-state index is 0.912. The molecular formula is C10H17N3. The molecule has 0 spiro atoms. The molecule has 1 rings (SSSR count). The third kappa shape index (κ3) is 3.42. The molecule has 1 aromatic rings. The number of aromatic nitrogens is 1. The molecule has 0 aliphatic rings. The Balaban J connectivity index is 2.40. The molecule has 0 radical (unpaired) electrons. The Morgan fingerprint density at radius 1 is 1.31 bits per heavy atom. The summed E-state index contributed by atoms with van der Waals surface area (Å²) >= 11 is 0. The second-order valence-corrected chi connectivity index (χ2v) is 2.94. The number of aryl methyl sites for hydroxylation is 1. The third-order valence-corrected chi connectivity index (χ3v) is 1.91. The maximum atomic E-state index is 4.28. The lowest BCUT2D eigenvalue weighted by atomic mass is 10.2. The molecule has 3 nitrogen and oxygen atoms in total. The molecule has 0 fully saturated rings. The van der Waals surface area contributed by atoms with Crippen molar-refractivity contribution in [2.24, 2.45) is 0 Å². The summed E-state index contributed by atoms with van der Waals surface area (Å²) in [5, 5.41) is 6.29. The van der Waals surface area contributed by atoms with Gasteiger partial charge in [-0.3, -0.25) is 0 Å². The molecule has 3 heteroatoms. The van der Waals surface area contributed by atoms with Gasteiger partial charge in [0.05, 0.1) is 0 Å². The third-order valence-electron chi connectivity index (χ3n) is 1.91. The van der Waals surface area contributed by atoms with Gasteiger partial charge in [-0.15, -0.1) is 0 Å². The van der Waals surface area contributed by atoms with Crippen LogP contribution in [-0.4, -0.2) is 25.1 Å². The lowest BCUT2D eigenvalue weighted by molar-refractivity contribution is 0.821. The van der Waals surface area contributed by atoms with Crippen LogP contribution in [0, 0.1) is 0 Å². The van der Waals surface area contributed by atoms with Gasteiger partial charge in [-0.2, -0.15) is 0 Å². The predicted molar refractivity (Wildman–Crippen MR) is 56.0 cm³/mol. The summed E-state index contributed by atoms with van der Waals surface area (Å²) < 4.78 is 0. The Hall–Kier alpha value is -1.09. The Bertz CT molecular complexity index is 230. The highest BCUT2D eigenvalue weighted by Gasteiger charge is 1.92. The summed E-state index contributed by atoms with van der Waals surface area (Å²) in [6.07, 6.45) is 2.96. The summed E-state index contributed by atoms with van der Waals surface area (Å²) in [5.41, 5.74) is 1.28. The van der Waals surface area contributed by atoms with Crippen molar-refractivity contribution in [3.63, 3.8) is 0 Å². The van der Waals surface area contributed by atoms with Crippen LogP contribution in [0.15, 0.2) is 18.3 Å². The number of anilines is 1. The van der Waals surface area contributed by atoms with Crippen molar-refractivity contribution in [1.82, 2.24) is 10.3 Å². The first-order valence-corrected chi connectivity index (χ1v) is 4.70. The van der Waals surface area contributed by atoms with Crippen LogP contribution in [0.4, 0.5) is 5.82 Å².